The minimum absolute atomic E-state index is 0.0135. The van der Waals surface area contributed by atoms with Crippen molar-refractivity contribution in [1.29, 1.82) is 0 Å². The van der Waals surface area contributed by atoms with Gasteiger partial charge in [0.1, 0.15) is 23.4 Å². The highest BCUT2D eigenvalue weighted by Crippen LogP contribution is 2.29. The number of aryl methyl sites for hydroxylation is 1. The smallest absolute Gasteiger partial charge is 0.457 e. The molecule has 0 amide bonds. The highest BCUT2D eigenvalue weighted by Gasteiger charge is 2.31. The number of ether oxygens (including phenoxy) is 3. The number of aromatic nitrogens is 3. The van der Waals surface area contributed by atoms with E-state index in [1.807, 2.05) is 17.7 Å². The number of ketones is 1. The van der Waals surface area contributed by atoms with Gasteiger partial charge in [0.05, 0.1) is 23.1 Å². The number of halogens is 3. The van der Waals surface area contributed by atoms with E-state index in [2.05, 4.69) is 20.0 Å². The summed E-state index contributed by atoms with van der Waals surface area (Å²) in [6, 6.07) is 14.3. The van der Waals surface area contributed by atoms with Crippen LogP contribution in [0.4, 0.5) is 24.8 Å². The molecule has 0 spiro atoms. The van der Waals surface area contributed by atoms with E-state index in [4.69, 9.17) is 9.47 Å². The fourth-order valence-electron chi connectivity index (χ4n) is 4.10. The summed E-state index contributed by atoms with van der Waals surface area (Å²) in [5, 5.41) is 3.09. The minimum Gasteiger partial charge on any atom is -0.457 e. The molecule has 3 heterocycles. The molecule has 1 aliphatic heterocycles. The number of hydrogen-bond acceptors (Lipinski definition) is 7. The first kappa shape index (κ1) is 24.6. The third-order valence-electron chi connectivity index (χ3n) is 5.86. The summed E-state index contributed by atoms with van der Waals surface area (Å²) in [5.41, 5.74) is 2.63. The number of Topliss-reactive ketones (excluding diaryl/α,β-unsaturated/α-hetero) is 1. The maximum Gasteiger partial charge on any atom is 0.573 e. The number of hydrogen-bond donors (Lipinski definition) is 1. The fourth-order valence-corrected chi connectivity index (χ4v) is 4.10. The molecular formula is C26H23F3N4O4. The van der Waals surface area contributed by atoms with Crippen molar-refractivity contribution in [2.45, 2.75) is 31.7 Å². The standard InChI is InChI=1S/C26H23F3N4O4/c1-33-22-9-8-19(36-20-10-11-30-17(13-20)14-23(34)24-3-2-12-35-24)15-21(22)32-25(33)31-16-4-6-18(7-5-16)37-26(27,28)29/h4-11,13,15,24H,2-3,12,14H2,1H3,(H,31,32). The number of anilines is 2. The molecule has 1 unspecified atom stereocenters. The molecule has 0 saturated carbocycles. The van der Waals surface area contributed by atoms with Gasteiger partial charge in [0.15, 0.2) is 5.78 Å². The molecule has 1 atom stereocenters. The third kappa shape index (κ3) is 6.00. The van der Waals surface area contributed by atoms with Crippen LogP contribution in [0.5, 0.6) is 17.2 Å². The summed E-state index contributed by atoms with van der Waals surface area (Å²) < 4.78 is 54.3. The number of benzene rings is 2. The van der Waals surface area contributed by atoms with Crippen LogP contribution in [0.15, 0.2) is 60.8 Å². The summed E-state index contributed by atoms with van der Waals surface area (Å²) >= 11 is 0. The maximum absolute atomic E-state index is 12.4. The van der Waals surface area contributed by atoms with E-state index in [1.54, 1.807) is 30.5 Å². The third-order valence-corrected chi connectivity index (χ3v) is 5.86. The largest absolute Gasteiger partial charge is 0.573 e. The lowest BCUT2D eigenvalue weighted by Gasteiger charge is -2.10. The van der Waals surface area contributed by atoms with Crippen LogP contribution in [0, 0.1) is 0 Å². The van der Waals surface area contributed by atoms with Crippen LogP contribution in [0.1, 0.15) is 18.5 Å². The number of carbonyl (C=O) groups excluding carboxylic acids is 1. The van der Waals surface area contributed by atoms with Crippen molar-refractivity contribution in [2.24, 2.45) is 7.05 Å². The second-order valence-corrected chi connectivity index (χ2v) is 8.57. The Morgan fingerprint density at radius 3 is 2.59 bits per heavy atom. The van der Waals surface area contributed by atoms with E-state index < -0.39 is 6.36 Å². The Bertz CT molecular complexity index is 1410. The summed E-state index contributed by atoms with van der Waals surface area (Å²) in [5.74, 6) is 1.30. The zero-order valence-corrected chi connectivity index (χ0v) is 19.8. The van der Waals surface area contributed by atoms with Gasteiger partial charge in [0, 0.05) is 37.7 Å². The van der Waals surface area contributed by atoms with Crippen molar-refractivity contribution in [1.82, 2.24) is 14.5 Å². The number of nitrogens with one attached hydrogen (secondary N) is 1. The van der Waals surface area contributed by atoms with Crippen LogP contribution in [-0.2, 0) is 23.0 Å². The van der Waals surface area contributed by atoms with E-state index in [1.165, 1.54) is 24.3 Å². The minimum atomic E-state index is -4.74. The van der Waals surface area contributed by atoms with Crippen molar-refractivity contribution >= 4 is 28.5 Å². The highest BCUT2D eigenvalue weighted by molar-refractivity contribution is 5.85. The van der Waals surface area contributed by atoms with Crippen molar-refractivity contribution in [3.63, 3.8) is 0 Å². The Morgan fingerprint density at radius 2 is 1.86 bits per heavy atom. The van der Waals surface area contributed by atoms with Gasteiger partial charge < -0.3 is 24.1 Å². The molecule has 2 aromatic heterocycles. The summed E-state index contributed by atoms with van der Waals surface area (Å²) in [4.78, 5) is 21.3. The Labute approximate surface area is 210 Å². The zero-order valence-electron chi connectivity index (χ0n) is 19.8. The Kier molecular flexibility index (Phi) is 6.70. The first-order chi connectivity index (χ1) is 17.7. The maximum atomic E-state index is 12.4. The van der Waals surface area contributed by atoms with Gasteiger partial charge in [-0.25, -0.2) is 4.98 Å². The second kappa shape index (κ2) is 10.1. The van der Waals surface area contributed by atoms with Gasteiger partial charge in [0.2, 0.25) is 5.95 Å². The molecule has 1 saturated heterocycles. The predicted octanol–water partition coefficient (Wildman–Crippen LogP) is 5.69. The quantitative estimate of drug-likeness (QED) is 0.324. The van der Waals surface area contributed by atoms with Crippen LogP contribution in [0.2, 0.25) is 0 Å². The summed E-state index contributed by atoms with van der Waals surface area (Å²) in [6.45, 7) is 0.615. The van der Waals surface area contributed by atoms with Crippen LogP contribution in [0.3, 0.4) is 0 Å². The molecule has 11 heteroatoms. The lowest BCUT2D eigenvalue weighted by molar-refractivity contribution is -0.274. The highest BCUT2D eigenvalue weighted by atomic mass is 19.4. The predicted molar refractivity (Wildman–Crippen MR) is 129 cm³/mol. The van der Waals surface area contributed by atoms with Gasteiger partial charge in [-0.15, -0.1) is 13.2 Å². The number of imidazole rings is 1. The van der Waals surface area contributed by atoms with Gasteiger partial charge >= 0.3 is 6.36 Å². The molecule has 5 rings (SSSR count). The molecule has 8 nitrogen and oxygen atoms in total. The Morgan fingerprint density at radius 1 is 1.11 bits per heavy atom. The normalized spacial score (nSPS) is 15.6. The fraction of sp³-hybridized carbons (Fsp3) is 0.269. The molecule has 0 bridgehead atoms. The van der Waals surface area contributed by atoms with Gasteiger partial charge in [-0.05, 0) is 55.3 Å². The molecule has 0 aliphatic carbocycles. The number of pyridine rings is 1. The summed E-state index contributed by atoms with van der Waals surface area (Å²) in [7, 11) is 1.82. The van der Waals surface area contributed by atoms with Gasteiger partial charge in [-0.2, -0.15) is 0 Å². The lowest BCUT2D eigenvalue weighted by atomic mass is 10.1. The van der Waals surface area contributed by atoms with Crippen LogP contribution < -0.4 is 14.8 Å². The number of alkyl halides is 3. The molecular weight excluding hydrogens is 489 g/mol. The van der Waals surface area contributed by atoms with Crippen LogP contribution in [0.25, 0.3) is 11.0 Å². The molecule has 0 radical (unpaired) electrons. The first-order valence-electron chi connectivity index (χ1n) is 11.6. The molecule has 1 fully saturated rings. The molecule has 1 aliphatic rings. The number of nitrogens with zero attached hydrogens (tertiary/aromatic N) is 3. The average molecular weight is 512 g/mol. The average Bonchev–Trinajstić information content (AvgIpc) is 3.49. The van der Waals surface area contributed by atoms with Gasteiger partial charge in [-0.1, -0.05) is 0 Å². The number of fused-ring (bicyclic) bond motifs is 1. The van der Waals surface area contributed by atoms with E-state index in [0.29, 0.717) is 41.0 Å². The number of rotatable bonds is 8. The number of carbonyl (C=O) groups is 1. The zero-order chi connectivity index (χ0) is 26.0. The van der Waals surface area contributed by atoms with Crippen molar-refractivity contribution in [2.75, 3.05) is 11.9 Å². The van der Waals surface area contributed by atoms with Gasteiger partial charge in [0.25, 0.3) is 0 Å². The van der Waals surface area contributed by atoms with E-state index in [9.17, 15) is 18.0 Å². The summed E-state index contributed by atoms with van der Waals surface area (Å²) in [6.07, 6.45) is -1.69. The van der Waals surface area contributed by atoms with Crippen molar-refractivity contribution < 1.29 is 32.2 Å². The molecule has 1 N–H and O–H groups in total. The Balaban J connectivity index is 1.28. The first-order valence-corrected chi connectivity index (χ1v) is 11.6. The molecule has 192 valence electrons. The molecule has 37 heavy (non-hydrogen) atoms. The Hall–Kier alpha value is -4.12. The van der Waals surface area contributed by atoms with Crippen LogP contribution >= 0.6 is 0 Å². The van der Waals surface area contributed by atoms with E-state index >= 15 is 0 Å². The van der Waals surface area contributed by atoms with E-state index in [0.717, 1.165) is 18.4 Å². The second-order valence-electron chi connectivity index (χ2n) is 8.57. The van der Waals surface area contributed by atoms with Gasteiger partial charge in [-0.3, -0.25) is 9.78 Å². The molecule has 4 aromatic rings. The van der Waals surface area contributed by atoms with Crippen molar-refractivity contribution in [3.05, 3.63) is 66.5 Å². The van der Waals surface area contributed by atoms with Crippen LogP contribution in [-0.4, -0.2) is 39.4 Å². The topological polar surface area (TPSA) is 87.5 Å². The SMILES string of the molecule is Cn1c(Nc2ccc(OC(F)(F)F)cc2)nc2cc(Oc3ccnc(CC(=O)C4CCCO4)c3)ccc21. The van der Waals surface area contributed by atoms with Crippen molar-refractivity contribution in [3.8, 4) is 17.2 Å². The molecule has 2 aromatic carbocycles. The monoisotopic (exact) mass is 512 g/mol. The van der Waals surface area contributed by atoms with E-state index in [-0.39, 0.29) is 24.1 Å². The lowest BCUT2D eigenvalue weighted by Crippen LogP contribution is -2.21.